The van der Waals surface area contributed by atoms with Crippen LogP contribution in [0.5, 0.6) is 11.5 Å². The molecule has 2 atom stereocenters. The summed E-state index contributed by atoms with van der Waals surface area (Å²) in [6.07, 6.45) is 2.42. The molecular formula is C21H24N2O3S. The summed E-state index contributed by atoms with van der Waals surface area (Å²) in [6.45, 7) is 4.92. The molecule has 3 aliphatic heterocycles. The zero-order valence-corrected chi connectivity index (χ0v) is 16.7. The second-order valence-corrected chi connectivity index (χ2v) is 9.00. The molecule has 0 unspecified atom stereocenters. The fraction of sp³-hybridized carbons (Fsp3) is 0.476. The van der Waals surface area contributed by atoms with Gasteiger partial charge in [-0.25, -0.2) is 5.01 Å². The highest BCUT2D eigenvalue weighted by atomic mass is 32.1. The van der Waals surface area contributed by atoms with Crippen LogP contribution in [0.3, 0.4) is 0 Å². The largest absolute Gasteiger partial charge is 0.493 e. The number of rotatable bonds is 2. The normalized spacial score (nSPS) is 28.3. The third kappa shape index (κ3) is 2.65. The molecule has 0 amide bonds. The van der Waals surface area contributed by atoms with Crippen molar-refractivity contribution in [1.82, 2.24) is 5.01 Å². The minimum Gasteiger partial charge on any atom is -0.493 e. The van der Waals surface area contributed by atoms with E-state index < -0.39 is 5.72 Å². The standard InChI is InChI=1S/C21H24N2O3S/c1-20(2)13-21(9-10-25-20)23-16(12-15(22-23)18-8-5-11-27-18)14-6-4-7-17(24-3)19(14)26-21/h4-8,11,16H,9-10,12-13H2,1-3H3/t16-,21+/m0/s1. The Morgan fingerprint density at radius 3 is 2.89 bits per heavy atom. The lowest BCUT2D eigenvalue weighted by molar-refractivity contribution is -0.212. The first kappa shape index (κ1) is 17.1. The number of benzene rings is 1. The van der Waals surface area contributed by atoms with Crippen molar-refractivity contribution in [3.63, 3.8) is 0 Å². The zero-order chi connectivity index (χ0) is 18.6. The fourth-order valence-corrected chi connectivity index (χ4v) is 5.32. The average molecular weight is 385 g/mol. The molecule has 1 spiro atoms. The predicted octanol–water partition coefficient (Wildman–Crippen LogP) is 4.59. The van der Waals surface area contributed by atoms with Gasteiger partial charge in [-0.15, -0.1) is 11.3 Å². The van der Waals surface area contributed by atoms with Gasteiger partial charge in [0.25, 0.3) is 0 Å². The fourth-order valence-electron chi connectivity index (χ4n) is 4.60. The van der Waals surface area contributed by atoms with Gasteiger partial charge in [-0.05, 0) is 31.4 Å². The maximum atomic E-state index is 6.71. The Kier molecular flexibility index (Phi) is 3.78. The highest BCUT2D eigenvalue weighted by Crippen LogP contribution is 2.54. The Hall–Kier alpha value is -2.05. The number of para-hydroxylation sites is 1. The molecule has 0 aliphatic carbocycles. The number of fused-ring (bicyclic) bond motifs is 4. The molecule has 5 nitrogen and oxygen atoms in total. The summed E-state index contributed by atoms with van der Waals surface area (Å²) in [6, 6.07) is 10.5. The monoisotopic (exact) mass is 384 g/mol. The van der Waals surface area contributed by atoms with Gasteiger partial charge in [-0.3, -0.25) is 0 Å². The molecular weight excluding hydrogens is 360 g/mol. The molecule has 3 aliphatic rings. The molecule has 0 bridgehead atoms. The number of hydrazone groups is 1. The van der Waals surface area contributed by atoms with Crippen LogP contribution in [0, 0.1) is 0 Å². The number of methoxy groups -OCH3 is 1. The third-order valence-electron chi connectivity index (χ3n) is 5.70. The first-order valence-electron chi connectivity index (χ1n) is 9.42. The Morgan fingerprint density at radius 2 is 2.15 bits per heavy atom. The molecule has 1 fully saturated rings. The van der Waals surface area contributed by atoms with Crippen molar-refractivity contribution >= 4 is 17.0 Å². The van der Waals surface area contributed by atoms with E-state index in [0.717, 1.165) is 42.0 Å². The Balaban J connectivity index is 1.65. The van der Waals surface area contributed by atoms with Crippen molar-refractivity contribution in [2.75, 3.05) is 13.7 Å². The summed E-state index contributed by atoms with van der Waals surface area (Å²) in [5.41, 5.74) is 1.52. The third-order valence-corrected chi connectivity index (χ3v) is 6.62. The van der Waals surface area contributed by atoms with Gasteiger partial charge in [0.2, 0.25) is 5.72 Å². The molecule has 4 heterocycles. The SMILES string of the molecule is COc1cccc2c1O[C@@]1(CCOC(C)(C)C1)N1N=C(c3cccs3)C[C@@H]21. The summed E-state index contributed by atoms with van der Waals surface area (Å²) < 4.78 is 18.4. The Morgan fingerprint density at radius 1 is 1.26 bits per heavy atom. The van der Waals surface area contributed by atoms with E-state index in [2.05, 4.69) is 42.4 Å². The van der Waals surface area contributed by atoms with Gasteiger partial charge < -0.3 is 14.2 Å². The maximum absolute atomic E-state index is 6.71. The second-order valence-electron chi connectivity index (χ2n) is 8.05. The van der Waals surface area contributed by atoms with E-state index in [4.69, 9.17) is 19.3 Å². The van der Waals surface area contributed by atoms with Crippen molar-refractivity contribution in [2.24, 2.45) is 5.10 Å². The summed E-state index contributed by atoms with van der Waals surface area (Å²) in [7, 11) is 1.70. The molecule has 1 aromatic carbocycles. The van der Waals surface area contributed by atoms with Gasteiger partial charge in [-0.1, -0.05) is 18.2 Å². The number of ether oxygens (including phenoxy) is 3. The molecule has 27 heavy (non-hydrogen) atoms. The number of hydrogen-bond acceptors (Lipinski definition) is 6. The van der Waals surface area contributed by atoms with Gasteiger partial charge in [0, 0.05) is 24.8 Å². The van der Waals surface area contributed by atoms with Gasteiger partial charge in [-0.2, -0.15) is 5.10 Å². The van der Waals surface area contributed by atoms with E-state index >= 15 is 0 Å². The van der Waals surface area contributed by atoms with Crippen molar-refractivity contribution in [3.05, 3.63) is 46.2 Å². The van der Waals surface area contributed by atoms with Crippen LogP contribution in [0.1, 0.15) is 49.6 Å². The topological polar surface area (TPSA) is 43.3 Å². The molecule has 1 saturated heterocycles. The maximum Gasteiger partial charge on any atom is 0.203 e. The van der Waals surface area contributed by atoms with E-state index in [1.54, 1.807) is 18.4 Å². The summed E-state index contributed by atoms with van der Waals surface area (Å²) in [5, 5.41) is 9.41. The van der Waals surface area contributed by atoms with Crippen molar-refractivity contribution in [1.29, 1.82) is 0 Å². The average Bonchev–Trinajstić information content (AvgIpc) is 3.30. The quantitative estimate of drug-likeness (QED) is 0.760. The molecule has 0 radical (unpaired) electrons. The van der Waals surface area contributed by atoms with E-state index in [9.17, 15) is 0 Å². The van der Waals surface area contributed by atoms with Gasteiger partial charge in [0.05, 0.1) is 35.9 Å². The van der Waals surface area contributed by atoms with Crippen LogP contribution in [0.2, 0.25) is 0 Å². The number of thiophene rings is 1. The molecule has 0 N–H and O–H groups in total. The Bertz CT molecular complexity index is 893. The molecule has 1 aromatic heterocycles. The minimum absolute atomic E-state index is 0.162. The summed E-state index contributed by atoms with van der Waals surface area (Å²) in [4.78, 5) is 1.23. The van der Waals surface area contributed by atoms with E-state index in [1.807, 2.05) is 12.1 Å². The first-order chi connectivity index (χ1) is 13.0. The summed E-state index contributed by atoms with van der Waals surface area (Å²) >= 11 is 1.74. The Labute approximate surface area is 163 Å². The van der Waals surface area contributed by atoms with Gasteiger partial charge in [0.1, 0.15) is 0 Å². The predicted molar refractivity (Wildman–Crippen MR) is 106 cm³/mol. The van der Waals surface area contributed by atoms with Gasteiger partial charge in [0.15, 0.2) is 11.5 Å². The highest BCUT2D eigenvalue weighted by molar-refractivity contribution is 7.12. The van der Waals surface area contributed by atoms with Crippen LogP contribution in [-0.4, -0.2) is 35.8 Å². The minimum atomic E-state index is -0.507. The van der Waals surface area contributed by atoms with Crippen molar-refractivity contribution in [2.45, 2.75) is 50.5 Å². The lowest BCUT2D eigenvalue weighted by Crippen LogP contribution is -2.60. The molecule has 0 saturated carbocycles. The molecule has 6 heteroatoms. The number of nitrogens with zero attached hydrogens (tertiary/aromatic N) is 2. The van der Waals surface area contributed by atoms with Crippen LogP contribution in [0.4, 0.5) is 0 Å². The summed E-state index contributed by atoms with van der Waals surface area (Å²) in [5.74, 6) is 1.65. The van der Waals surface area contributed by atoms with E-state index in [1.165, 1.54) is 4.88 Å². The van der Waals surface area contributed by atoms with E-state index in [0.29, 0.717) is 6.61 Å². The van der Waals surface area contributed by atoms with Crippen molar-refractivity contribution < 1.29 is 14.2 Å². The highest BCUT2D eigenvalue weighted by Gasteiger charge is 2.55. The molecule has 142 valence electrons. The van der Waals surface area contributed by atoms with Crippen LogP contribution < -0.4 is 9.47 Å². The van der Waals surface area contributed by atoms with Crippen LogP contribution >= 0.6 is 11.3 Å². The second kappa shape index (κ2) is 5.97. The van der Waals surface area contributed by atoms with Crippen LogP contribution in [-0.2, 0) is 4.74 Å². The first-order valence-corrected chi connectivity index (χ1v) is 10.3. The smallest absolute Gasteiger partial charge is 0.203 e. The van der Waals surface area contributed by atoms with Crippen molar-refractivity contribution in [3.8, 4) is 11.5 Å². The zero-order valence-electron chi connectivity index (χ0n) is 15.9. The lowest BCUT2D eigenvalue weighted by Gasteiger charge is -2.52. The van der Waals surface area contributed by atoms with E-state index in [-0.39, 0.29) is 11.6 Å². The molecule has 2 aromatic rings. The van der Waals surface area contributed by atoms with Crippen LogP contribution in [0.15, 0.2) is 40.8 Å². The number of hydrogen-bond donors (Lipinski definition) is 0. The van der Waals surface area contributed by atoms with Gasteiger partial charge >= 0.3 is 0 Å². The molecule has 5 rings (SSSR count). The lowest BCUT2D eigenvalue weighted by atomic mass is 9.86. The van der Waals surface area contributed by atoms with Crippen LogP contribution in [0.25, 0.3) is 0 Å².